The maximum atomic E-state index is 13.1. The van der Waals surface area contributed by atoms with Crippen LogP contribution in [-0.2, 0) is 16.6 Å². The Kier molecular flexibility index (Phi) is 5.94. The summed E-state index contributed by atoms with van der Waals surface area (Å²) in [4.78, 5) is 24.3. The SMILES string of the molecule is CC1(C)C[C@@](O)(c2ncc(-c3cc(Nc4nccc(C(F)(F)F)n4)cc4cn[nH]c34)s2)CC[C@@H]1C(=O)O. The predicted octanol–water partition coefficient (Wildman–Crippen LogP) is 5.34. The molecule has 37 heavy (non-hydrogen) atoms. The highest BCUT2D eigenvalue weighted by atomic mass is 32.1. The van der Waals surface area contributed by atoms with Crippen molar-refractivity contribution in [1.82, 2.24) is 25.1 Å². The van der Waals surface area contributed by atoms with E-state index in [9.17, 15) is 28.2 Å². The Morgan fingerprint density at radius 3 is 2.73 bits per heavy atom. The second-order valence-corrected chi connectivity index (χ2v) is 10.9. The second-order valence-electron chi connectivity index (χ2n) is 9.90. The number of aliphatic hydroxyl groups is 1. The largest absolute Gasteiger partial charge is 0.481 e. The second kappa shape index (κ2) is 8.77. The van der Waals surface area contributed by atoms with Crippen molar-refractivity contribution in [3.05, 3.63) is 47.5 Å². The van der Waals surface area contributed by atoms with Crippen molar-refractivity contribution in [3.63, 3.8) is 0 Å². The van der Waals surface area contributed by atoms with E-state index in [2.05, 4.69) is 30.5 Å². The number of carboxylic acid groups (broad SMARTS) is 1. The number of hydrogen-bond donors (Lipinski definition) is 4. The standard InChI is InChI=1S/C24H23F3N6O3S/c1-22(2)11-23(36,5-3-15(22)19(34)35)20-29-10-16(37-20)14-8-13(7-12-9-30-33-18(12)14)31-21-28-6-4-17(32-21)24(25,26)27/h4,6-10,15,36H,3,5,11H2,1-2H3,(H,30,33)(H,34,35)(H,28,31,32)/t15-,23-/m1/s1. The number of benzene rings is 1. The zero-order valence-electron chi connectivity index (χ0n) is 19.8. The third-order valence-electron chi connectivity index (χ3n) is 6.76. The Morgan fingerprint density at radius 2 is 2.03 bits per heavy atom. The van der Waals surface area contributed by atoms with Crippen molar-refractivity contribution in [1.29, 1.82) is 0 Å². The van der Waals surface area contributed by atoms with Gasteiger partial charge in [0.2, 0.25) is 5.95 Å². The average molecular weight is 533 g/mol. The van der Waals surface area contributed by atoms with Crippen molar-refractivity contribution < 1.29 is 28.2 Å². The zero-order chi connectivity index (χ0) is 26.6. The fraction of sp³-hybridized carbons (Fsp3) is 0.375. The molecule has 0 unspecified atom stereocenters. The molecule has 0 saturated heterocycles. The van der Waals surface area contributed by atoms with E-state index in [1.165, 1.54) is 11.3 Å². The van der Waals surface area contributed by atoms with Crippen molar-refractivity contribution >= 4 is 39.8 Å². The van der Waals surface area contributed by atoms with Crippen LogP contribution in [0, 0.1) is 11.3 Å². The van der Waals surface area contributed by atoms with E-state index in [1.54, 1.807) is 24.5 Å². The van der Waals surface area contributed by atoms with Crippen molar-refractivity contribution in [3.8, 4) is 10.4 Å². The van der Waals surface area contributed by atoms with E-state index in [0.717, 1.165) is 12.3 Å². The molecule has 9 nitrogen and oxygen atoms in total. The molecule has 0 aliphatic heterocycles. The summed E-state index contributed by atoms with van der Waals surface area (Å²) in [6.07, 6.45) is 0.487. The highest BCUT2D eigenvalue weighted by Crippen LogP contribution is 2.51. The summed E-state index contributed by atoms with van der Waals surface area (Å²) in [5.74, 6) is -1.64. The van der Waals surface area contributed by atoms with E-state index >= 15 is 0 Å². The Morgan fingerprint density at radius 1 is 1.24 bits per heavy atom. The van der Waals surface area contributed by atoms with Gasteiger partial charge < -0.3 is 15.5 Å². The molecule has 1 fully saturated rings. The van der Waals surface area contributed by atoms with E-state index in [-0.39, 0.29) is 18.8 Å². The number of carbonyl (C=O) groups is 1. The lowest BCUT2D eigenvalue weighted by atomic mass is 9.63. The average Bonchev–Trinajstić information content (AvgIpc) is 3.47. The van der Waals surface area contributed by atoms with Crippen LogP contribution in [0.2, 0.25) is 0 Å². The minimum Gasteiger partial charge on any atom is -0.481 e. The van der Waals surface area contributed by atoms with Gasteiger partial charge in [-0.15, -0.1) is 11.3 Å². The molecule has 1 aliphatic carbocycles. The van der Waals surface area contributed by atoms with Gasteiger partial charge in [0.1, 0.15) is 16.3 Å². The molecule has 0 bridgehead atoms. The van der Waals surface area contributed by atoms with Gasteiger partial charge in [0.25, 0.3) is 0 Å². The summed E-state index contributed by atoms with van der Waals surface area (Å²) in [6, 6.07) is 4.22. The number of fused-ring (bicyclic) bond motifs is 1. The molecule has 1 aromatic carbocycles. The van der Waals surface area contributed by atoms with E-state index < -0.39 is 34.8 Å². The van der Waals surface area contributed by atoms with E-state index in [0.29, 0.717) is 38.5 Å². The van der Waals surface area contributed by atoms with Gasteiger partial charge in [-0.3, -0.25) is 9.89 Å². The first kappa shape index (κ1) is 25.1. The normalized spacial score (nSPS) is 21.7. The molecule has 2 atom stereocenters. The number of aliphatic carboxylic acids is 1. The maximum Gasteiger partial charge on any atom is 0.433 e. The van der Waals surface area contributed by atoms with Gasteiger partial charge in [-0.25, -0.2) is 15.0 Å². The number of hydrogen-bond acceptors (Lipinski definition) is 8. The van der Waals surface area contributed by atoms with Gasteiger partial charge >= 0.3 is 12.1 Å². The molecule has 4 aromatic rings. The lowest BCUT2D eigenvalue weighted by Crippen LogP contribution is -2.44. The number of halogens is 3. The lowest BCUT2D eigenvalue weighted by molar-refractivity contribution is -0.154. The van der Waals surface area contributed by atoms with Crippen molar-refractivity contribution in [2.45, 2.75) is 44.9 Å². The topological polar surface area (TPSA) is 137 Å². The monoisotopic (exact) mass is 532 g/mol. The fourth-order valence-electron chi connectivity index (χ4n) is 5.02. The quantitative estimate of drug-likeness (QED) is 0.270. The van der Waals surface area contributed by atoms with Crippen LogP contribution in [0.25, 0.3) is 21.3 Å². The van der Waals surface area contributed by atoms with Gasteiger partial charge in [-0.1, -0.05) is 13.8 Å². The lowest BCUT2D eigenvalue weighted by Gasteiger charge is -2.44. The minimum atomic E-state index is -4.60. The molecule has 3 heterocycles. The Balaban J connectivity index is 1.48. The number of nitrogens with zero attached hydrogens (tertiary/aromatic N) is 4. The van der Waals surface area contributed by atoms with E-state index in [1.807, 2.05) is 13.8 Å². The third kappa shape index (κ3) is 4.76. The first-order chi connectivity index (χ1) is 17.4. The summed E-state index contributed by atoms with van der Waals surface area (Å²) in [5.41, 5.74) is -1.15. The molecular weight excluding hydrogens is 509 g/mol. The zero-order valence-corrected chi connectivity index (χ0v) is 20.6. The van der Waals surface area contributed by atoms with E-state index in [4.69, 9.17) is 0 Å². The van der Waals surface area contributed by atoms with Crippen LogP contribution in [0.5, 0.6) is 0 Å². The third-order valence-corrected chi connectivity index (χ3v) is 7.98. The molecular formula is C24H23F3N6O3S. The van der Waals surface area contributed by atoms with Gasteiger partial charge in [-0.05, 0) is 42.9 Å². The smallest absolute Gasteiger partial charge is 0.433 e. The van der Waals surface area contributed by atoms with Crippen LogP contribution in [-0.4, -0.2) is 41.3 Å². The summed E-state index contributed by atoms with van der Waals surface area (Å²) < 4.78 is 39.2. The number of aromatic amines is 1. The van der Waals surface area contributed by atoms with Gasteiger partial charge in [0, 0.05) is 29.0 Å². The predicted molar refractivity (Wildman–Crippen MR) is 130 cm³/mol. The highest BCUT2D eigenvalue weighted by Gasteiger charge is 2.49. The van der Waals surface area contributed by atoms with Gasteiger partial charge in [-0.2, -0.15) is 18.3 Å². The molecule has 13 heteroatoms. The summed E-state index contributed by atoms with van der Waals surface area (Å²) in [5, 5.41) is 32.0. The number of alkyl halides is 3. The fourth-order valence-corrected chi connectivity index (χ4v) is 6.08. The number of nitrogens with one attached hydrogen (secondary N) is 2. The van der Waals surface area contributed by atoms with Gasteiger partial charge in [0.15, 0.2) is 0 Å². The number of H-pyrrole nitrogens is 1. The Bertz CT molecular complexity index is 1480. The van der Waals surface area contributed by atoms with Crippen LogP contribution in [0.1, 0.15) is 43.8 Å². The first-order valence-corrected chi connectivity index (χ1v) is 12.2. The van der Waals surface area contributed by atoms with Gasteiger partial charge in [0.05, 0.1) is 22.5 Å². The first-order valence-electron chi connectivity index (χ1n) is 11.4. The molecule has 1 saturated carbocycles. The molecule has 3 aromatic heterocycles. The molecule has 0 spiro atoms. The Labute approximate surface area is 212 Å². The molecule has 0 radical (unpaired) electrons. The molecule has 5 rings (SSSR count). The minimum absolute atomic E-state index is 0.208. The van der Waals surface area contributed by atoms with Crippen molar-refractivity contribution in [2.24, 2.45) is 11.3 Å². The maximum absolute atomic E-state index is 13.1. The van der Waals surface area contributed by atoms with Crippen molar-refractivity contribution in [2.75, 3.05) is 5.32 Å². The van der Waals surface area contributed by atoms with Crippen LogP contribution in [0.3, 0.4) is 0 Å². The summed E-state index contributed by atoms with van der Waals surface area (Å²) in [6.45, 7) is 3.67. The summed E-state index contributed by atoms with van der Waals surface area (Å²) in [7, 11) is 0. The highest BCUT2D eigenvalue weighted by molar-refractivity contribution is 7.15. The molecule has 0 amide bonds. The molecule has 4 N–H and O–H groups in total. The summed E-state index contributed by atoms with van der Waals surface area (Å²) >= 11 is 1.28. The van der Waals surface area contributed by atoms with Crippen LogP contribution in [0.15, 0.2) is 36.8 Å². The van der Waals surface area contributed by atoms with Crippen LogP contribution >= 0.6 is 11.3 Å². The molecule has 194 valence electrons. The van der Waals surface area contributed by atoms with Crippen LogP contribution < -0.4 is 5.32 Å². The Hall–Kier alpha value is -3.58. The number of carboxylic acids is 1. The number of anilines is 2. The van der Waals surface area contributed by atoms with Crippen LogP contribution in [0.4, 0.5) is 24.8 Å². The number of thiazole rings is 1. The number of rotatable bonds is 5. The molecule has 1 aliphatic rings. The number of aromatic nitrogens is 5.